The number of nitrogens with one attached hydrogen (secondary N) is 2. The first-order chi connectivity index (χ1) is 16.6. The predicted octanol–water partition coefficient (Wildman–Crippen LogP) is 1.41. The van der Waals surface area contributed by atoms with Crippen molar-refractivity contribution in [3.63, 3.8) is 0 Å². The average Bonchev–Trinajstić information content (AvgIpc) is 3.43. The number of aryl methyl sites for hydroxylation is 1. The van der Waals surface area contributed by atoms with E-state index in [2.05, 4.69) is 20.7 Å². The molecular weight excluding hydrogens is 537 g/mol. The number of aromatic amines is 1. The predicted molar refractivity (Wildman–Crippen MR) is 131 cm³/mol. The molecule has 184 valence electrons. The van der Waals surface area contributed by atoms with E-state index in [-0.39, 0.29) is 22.0 Å². The molecule has 2 aliphatic rings. The lowest BCUT2D eigenvalue weighted by molar-refractivity contribution is -0.187. The summed E-state index contributed by atoms with van der Waals surface area (Å²) in [5, 5.41) is 32.2. The Morgan fingerprint density at radius 2 is 2.29 bits per heavy atom. The Balaban J connectivity index is 1.56. The number of H-pyrrole nitrogens is 1. The number of aliphatic carboxylic acids is 1. The standard InChI is InChI=1S/C19H18N6O6S4/c1-7(12-10(4-20)13(26)24-31-12)14(32)21-19(30-3)16(29)25-11(15(27)28)9(5-33-17(19)25)6-34-18-23-22-8(2)35-18/h7,17H,5-6H2,1-3H3,(H,21,32)(H,24,26)(H,27,28)/t7?,17-,19-/m0/s1. The number of β-lactam (4-membered cyclic amide) rings is 1. The fraction of sp³-hybridized carbons (Fsp3) is 0.421. The number of nitriles is 1. The number of ether oxygens (including phenoxy) is 1. The maximum absolute atomic E-state index is 13.3. The van der Waals surface area contributed by atoms with Crippen LogP contribution in [0.25, 0.3) is 0 Å². The van der Waals surface area contributed by atoms with Crippen LogP contribution in [-0.2, 0) is 14.3 Å². The Morgan fingerprint density at radius 1 is 1.54 bits per heavy atom. The number of carbonyl (C=O) groups excluding carboxylic acids is 1. The molecule has 0 radical (unpaired) electrons. The monoisotopic (exact) mass is 554 g/mol. The summed E-state index contributed by atoms with van der Waals surface area (Å²) >= 11 is 9.54. The number of hydrogen-bond donors (Lipinski definition) is 3. The molecule has 1 unspecified atom stereocenters. The van der Waals surface area contributed by atoms with Crippen molar-refractivity contribution in [3.05, 3.63) is 38.0 Å². The van der Waals surface area contributed by atoms with Crippen LogP contribution in [0.1, 0.15) is 29.2 Å². The minimum absolute atomic E-state index is 0.0264. The van der Waals surface area contributed by atoms with Gasteiger partial charge in [-0.25, -0.2) is 4.79 Å². The zero-order valence-corrected chi connectivity index (χ0v) is 21.7. The van der Waals surface area contributed by atoms with Crippen LogP contribution in [0.5, 0.6) is 0 Å². The first kappa shape index (κ1) is 25.4. The Hall–Kier alpha value is -2.71. The maximum atomic E-state index is 13.3. The summed E-state index contributed by atoms with van der Waals surface area (Å²) in [7, 11) is 1.32. The van der Waals surface area contributed by atoms with Gasteiger partial charge >= 0.3 is 5.97 Å². The number of carboxylic acid groups (broad SMARTS) is 1. The lowest BCUT2D eigenvalue weighted by Crippen LogP contribution is -2.80. The van der Waals surface area contributed by atoms with Gasteiger partial charge in [0.25, 0.3) is 17.2 Å². The maximum Gasteiger partial charge on any atom is 0.352 e. The molecule has 1 saturated heterocycles. The Labute approximate surface area is 216 Å². The molecule has 1 fully saturated rings. The van der Waals surface area contributed by atoms with Crippen LogP contribution in [-0.4, -0.2) is 71.9 Å². The van der Waals surface area contributed by atoms with E-state index in [1.807, 2.05) is 6.92 Å². The molecule has 0 aliphatic carbocycles. The molecule has 2 aliphatic heterocycles. The third-order valence-electron chi connectivity index (χ3n) is 5.45. The smallest absolute Gasteiger partial charge is 0.352 e. The summed E-state index contributed by atoms with van der Waals surface area (Å²) in [6.45, 7) is 3.44. The van der Waals surface area contributed by atoms with Gasteiger partial charge < -0.3 is 19.7 Å². The molecular formula is C19H18N6O6S4. The number of fused-ring (bicyclic) bond motifs is 1. The van der Waals surface area contributed by atoms with Gasteiger partial charge in [-0.2, -0.15) is 10.4 Å². The van der Waals surface area contributed by atoms with E-state index in [1.54, 1.807) is 13.0 Å². The van der Waals surface area contributed by atoms with Gasteiger partial charge in [0, 0.05) is 18.6 Å². The number of rotatable bonds is 8. The molecule has 2 aromatic rings. The number of nitrogens with zero attached hydrogens (tertiary/aromatic N) is 4. The van der Waals surface area contributed by atoms with Gasteiger partial charge in [0.15, 0.2) is 15.7 Å². The Morgan fingerprint density at radius 3 is 2.89 bits per heavy atom. The molecule has 4 rings (SSSR count). The lowest BCUT2D eigenvalue weighted by Gasteiger charge is -2.56. The van der Waals surface area contributed by atoms with Crippen LogP contribution in [0.2, 0.25) is 0 Å². The SMILES string of the molecule is CO[C@@]1(NC(=S)C(C)c2o[nH]c(=O)c2C#N)C(=O)N2C(C(=O)O)=C(CSc3nnc(C)s3)CS[C@H]21. The second-order valence-electron chi connectivity index (χ2n) is 7.51. The molecule has 2 aromatic heterocycles. The van der Waals surface area contributed by atoms with Crippen molar-refractivity contribution in [1.29, 1.82) is 5.26 Å². The van der Waals surface area contributed by atoms with Crippen molar-refractivity contribution in [3.8, 4) is 6.07 Å². The van der Waals surface area contributed by atoms with Crippen molar-refractivity contribution >= 4 is 63.9 Å². The van der Waals surface area contributed by atoms with Crippen molar-refractivity contribution in [2.75, 3.05) is 18.6 Å². The van der Waals surface area contributed by atoms with E-state index in [9.17, 15) is 24.8 Å². The zero-order chi connectivity index (χ0) is 25.5. The molecule has 0 aromatic carbocycles. The summed E-state index contributed by atoms with van der Waals surface area (Å²) < 4.78 is 11.4. The van der Waals surface area contributed by atoms with E-state index in [0.29, 0.717) is 21.4 Å². The number of amides is 1. The summed E-state index contributed by atoms with van der Waals surface area (Å²) in [6.07, 6.45) is 0. The highest BCUT2D eigenvalue weighted by atomic mass is 32.2. The molecule has 0 spiro atoms. The molecule has 0 saturated carbocycles. The van der Waals surface area contributed by atoms with Crippen molar-refractivity contribution in [2.24, 2.45) is 0 Å². The number of carboxylic acids is 1. The molecule has 4 heterocycles. The second-order valence-corrected chi connectivity index (χ2v) is 11.4. The first-order valence-corrected chi connectivity index (χ1v) is 13.2. The highest BCUT2D eigenvalue weighted by Crippen LogP contribution is 2.47. The molecule has 16 heteroatoms. The van der Waals surface area contributed by atoms with Crippen LogP contribution < -0.4 is 10.9 Å². The summed E-state index contributed by atoms with van der Waals surface area (Å²) in [6, 6.07) is 1.77. The minimum atomic E-state index is -1.62. The third kappa shape index (κ3) is 4.27. The van der Waals surface area contributed by atoms with E-state index in [0.717, 1.165) is 5.01 Å². The van der Waals surface area contributed by atoms with Crippen LogP contribution >= 0.6 is 47.1 Å². The van der Waals surface area contributed by atoms with Crippen LogP contribution in [0, 0.1) is 18.3 Å². The molecule has 3 atom stereocenters. The topological polar surface area (TPSA) is 174 Å². The number of thioether (sulfide) groups is 2. The van der Waals surface area contributed by atoms with Gasteiger partial charge in [-0.05, 0) is 19.4 Å². The van der Waals surface area contributed by atoms with E-state index >= 15 is 0 Å². The molecule has 35 heavy (non-hydrogen) atoms. The molecule has 12 nitrogen and oxygen atoms in total. The lowest BCUT2D eigenvalue weighted by atomic mass is 9.96. The molecule has 3 N–H and O–H groups in total. The van der Waals surface area contributed by atoms with E-state index in [1.165, 1.54) is 46.9 Å². The summed E-state index contributed by atoms with van der Waals surface area (Å²) in [4.78, 5) is 38.5. The number of thiocarbonyl (C=S) groups is 1. The van der Waals surface area contributed by atoms with Gasteiger partial charge in [-0.15, -0.1) is 22.0 Å². The van der Waals surface area contributed by atoms with Crippen LogP contribution in [0.15, 0.2) is 24.9 Å². The fourth-order valence-corrected chi connectivity index (χ4v) is 7.33. The highest BCUT2D eigenvalue weighted by Gasteiger charge is 2.66. The summed E-state index contributed by atoms with van der Waals surface area (Å²) in [5.74, 6) is -1.86. The summed E-state index contributed by atoms with van der Waals surface area (Å²) in [5.41, 5.74) is -2.03. The van der Waals surface area contributed by atoms with Gasteiger partial charge in [-0.1, -0.05) is 35.3 Å². The molecule has 1 amide bonds. The third-order valence-corrected chi connectivity index (χ3v) is 9.33. The Kier molecular flexibility index (Phi) is 7.06. The fourth-order valence-electron chi connectivity index (χ4n) is 3.68. The van der Waals surface area contributed by atoms with Crippen LogP contribution in [0.4, 0.5) is 0 Å². The first-order valence-electron chi connectivity index (χ1n) is 9.96. The quantitative estimate of drug-likeness (QED) is 0.185. The minimum Gasteiger partial charge on any atom is -0.477 e. The van der Waals surface area contributed by atoms with Crippen LogP contribution in [0.3, 0.4) is 0 Å². The number of carbonyl (C=O) groups is 2. The van der Waals surface area contributed by atoms with Gasteiger partial charge in [-0.3, -0.25) is 14.5 Å². The number of hydrogen-bond acceptors (Lipinski definition) is 12. The highest BCUT2D eigenvalue weighted by molar-refractivity contribution is 8.01. The van der Waals surface area contributed by atoms with Gasteiger partial charge in [0.05, 0.1) is 10.9 Å². The second kappa shape index (κ2) is 9.74. The number of aromatic nitrogens is 3. The Bertz CT molecular complexity index is 1340. The number of methoxy groups -OCH3 is 1. The average molecular weight is 555 g/mol. The molecule has 0 bridgehead atoms. The normalized spacial score (nSPS) is 22.3. The zero-order valence-electron chi connectivity index (χ0n) is 18.5. The van der Waals surface area contributed by atoms with Crippen molar-refractivity contribution in [1.82, 2.24) is 25.6 Å². The van der Waals surface area contributed by atoms with Crippen molar-refractivity contribution < 1.29 is 24.0 Å². The van der Waals surface area contributed by atoms with E-state index < -0.39 is 34.5 Å². The largest absolute Gasteiger partial charge is 0.477 e. The van der Waals surface area contributed by atoms with E-state index in [4.69, 9.17) is 21.5 Å². The van der Waals surface area contributed by atoms with Crippen molar-refractivity contribution in [2.45, 2.75) is 35.2 Å². The van der Waals surface area contributed by atoms with Gasteiger partial charge in [0.1, 0.15) is 22.1 Å². The van der Waals surface area contributed by atoms with Gasteiger partial charge in [0.2, 0.25) is 0 Å².